The zero-order chi connectivity index (χ0) is 19.8. The molecule has 0 saturated heterocycles. The fourth-order valence-corrected chi connectivity index (χ4v) is 3.76. The molecule has 0 unspecified atom stereocenters. The molecule has 0 aliphatic carbocycles. The first-order valence-corrected chi connectivity index (χ1v) is 12.1. The van der Waals surface area contributed by atoms with Gasteiger partial charge >= 0.3 is 0 Å². The summed E-state index contributed by atoms with van der Waals surface area (Å²) in [5, 5.41) is 6.25. The van der Waals surface area contributed by atoms with Gasteiger partial charge in [0.1, 0.15) is 0 Å². The molecule has 0 radical (unpaired) electrons. The number of hydrogen-bond acceptors (Lipinski definition) is 5. The first-order valence-electron chi connectivity index (χ1n) is 8.29. The van der Waals surface area contributed by atoms with Gasteiger partial charge in [0.2, 0.25) is 10.0 Å². The Morgan fingerprint density at radius 2 is 1.77 bits per heavy atom. The predicted octanol–water partition coefficient (Wildman–Crippen LogP) is 0.393. The Hall–Kier alpha value is -1.65. The lowest BCUT2D eigenvalue weighted by atomic mass is 10.1. The third-order valence-electron chi connectivity index (χ3n) is 3.41. The number of nitrogens with one attached hydrogen (secondary N) is 3. The summed E-state index contributed by atoms with van der Waals surface area (Å²) < 4.78 is 47.7. The molecule has 3 N–H and O–H groups in total. The van der Waals surface area contributed by atoms with E-state index in [-0.39, 0.29) is 0 Å². The zero-order valence-corrected chi connectivity index (χ0v) is 17.3. The minimum Gasteiger partial charge on any atom is -0.357 e. The fourth-order valence-electron chi connectivity index (χ4n) is 2.29. The summed E-state index contributed by atoms with van der Waals surface area (Å²) in [5.74, 6) is 0.622. The first kappa shape index (κ1) is 22.4. The van der Waals surface area contributed by atoms with Crippen molar-refractivity contribution in [1.82, 2.24) is 15.4 Å². The van der Waals surface area contributed by atoms with E-state index in [0.717, 1.165) is 11.8 Å². The van der Waals surface area contributed by atoms with Crippen molar-refractivity contribution in [1.29, 1.82) is 0 Å². The molecule has 0 bridgehead atoms. The highest BCUT2D eigenvalue weighted by Gasteiger charge is 2.10. The maximum Gasteiger partial charge on any atom is 0.208 e. The van der Waals surface area contributed by atoms with Crippen molar-refractivity contribution in [2.45, 2.75) is 31.7 Å². The van der Waals surface area contributed by atoms with E-state index in [4.69, 9.17) is 0 Å². The van der Waals surface area contributed by atoms with Gasteiger partial charge in [-0.2, -0.15) is 0 Å². The summed E-state index contributed by atoms with van der Waals surface area (Å²) in [4.78, 5) is 4.80. The van der Waals surface area contributed by atoms with Crippen molar-refractivity contribution < 1.29 is 16.8 Å². The van der Waals surface area contributed by atoms with Crippen LogP contribution in [0.1, 0.15) is 24.5 Å². The van der Waals surface area contributed by atoms with Crippen LogP contribution in [0, 0.1) is 6.92 Å². The van der Waals surface area contributed by atoms with Crippen LogP contribution in [0.15, 0.2) is 28.1 Å². The number of nitrogens with zero attached hydrogens (tertiary/aromatic N) is 1. The Morgan fingerprint density at radius 3 is 2.31 bits per heavy atom. The Balaban J connectivity index is 2.64. The molecule has 1 rings (SSSR count). The quantitative estimate of drug-likeness (QED) is 0.311. The average molecular weight is 405 g/mol. The van der Waals surface area contributed by atoms with Crippen molar-refractivity contribution in [2.24, 2.45) is 4.99 Å². The molecule has 0 fully saturated rings. The van der Waals surface area contributed by atoms with E-state index in [1.54, 1.807) is 19.1 Å². The van der Waals surface area contributed by atoms with Crippen LogP contribution < -0.4 is 15.4 Å². The Morgan fingerprint density at radius 1 is 1.08 bits per heavy atom. The van der Waals surface area contributed by atoms with Crippen LogP contribution in [0.25, 0.3) is 0 Å². The normalized spacial score (nSPS) is 12.8. The lowest BCUT2D eigenvalue weighted by Crippen LogP contribution is -2.38. The molecule has 0 spiro atoms. The lowest BCUT2D eigenvalue weighted by Gasteiger charge is -2.12. The second kappa shape index (κ2) is 9.89. The topological polar surface area (TPSA) is 117 Å². The summed E-state index contributed by atoms with van der Waals surface area (Å²) in [6.07, 6.45) is 2.95. The highest BCUT2D eigenvalue weighted by Crippen LogP contribution is 2.17. The second-order valence-electron chi connectivity index (χ2n) is 6.01. The van der Waals surface area contributed by atoms with Gasteiger partial charge in [0, 0.05) is 25.9 Å². The molecule has 0 aromatic heterocycles. The van der Waals surface area contributed by atoms with Gasteiger partial charge in [-0.3, -0.25) is 0 Å². The smallest absolute Gasteiger partial charge is 0.208 e. The van der Waals surface area contributed by atoms with E-state index < -0.39 is 19.9 Å². The maximum absolute atomic E-state index is 11.7. The summed E-state index contributed by atoms with van der Waals surface area (Å²) in [5.41, 5.74) is 1.61. The van der Waals surface area contributed by atoms with Crippen molar-refractivity contribution >= 4 is 25.8 Å². The average Bonchev–Trinajstić information content (AvgIpc) is 2.49. The van der Waals surface area contributed by atoms with E-state index in [1.807, 2.05) is 13.0 Å². The van der Waals surface area contributed by atoms with Crippen LogP contribution in [-0.4, -0.2) is 54.9 Å². The number of hydrogen-bond donors (Lipinski definition) is 3. The molecule has 148 valence electrons. The molecular weight excluding hydrogens is 376 g/mol. The highest BCUT2D eigenvalue weighted by molar-refractivity contribution is 7.90. The number of benzene rings is 1. The van der Waals surface area contributed by atoms with Crippen LogP contribution >= 0.6 is 0 Å². The maximum atomic E-state index is 11.7. The Bertz CT molecular complexity index is 834. The van der Waals surface area contributed by atoms with Crippen LogP contribution in [0.5, 0.6) is 0 Å². The van der Waals surface area contributed by atoms with E-state index >= 15 is 0 Å². The summed E-state index contributed by atoms with van der Waals surface area (Å²) in [6.45, 7) is 5.74. The number of guanidine groups is 1. The summed E-state index contributed by atoms with van der Waals surface area (Å²) in [6, 6.07) is 5.18. The number of sulfone groups is 1. The van der Waals surface area contributed by atoms with Crippen LogP contribution in [0.4, 0.5) is 0 Å². The van der Waals surface area contributed by atoms with Crippen LogP contribution in [0.3, 0.4) is 0 Å². The van der Waals surface area contributed by atoms with Gasteiger partial charge in [-0.25, -0.2) is 26.6 Å². The second-order valence-corrected chi connectivity index (χ2v) is 9.83. The third-order valence-corrected chi connectivity index (χ3v) is 5.40. The molecule has 0 atom stereocenters. The van der Waals surface area contributed by atoms with Gasteiger partial charge in [0.25, 0.3) is 0 Å². The molecular formula is C16H28N4O4S2. The molecule has 0 saturated carbocycles. The fraction of sp³-hybridized carbons (Fsp3) is 0.562. The molecule has 8 nitrogen and oxygen atoms in total. The molecule has 0 amide bonds. The van der Waals surface area contributed by atoms with Crippen molar-refractivity contribution in [3.63, 3.8) is 0 Å². The minimum absolute atomic E-state index is 0.327. The summed E-state index contributed by atoms with van der Waals surface area (Å²) in [7, 11) is -6.39. The van der Waals surface area contributed by atoms with Crippen molar-refractivity contribution in [3.8, 4) is 0 Å². The Kier molecular flexibility index (Phi) is 8.51. The molecule has 26 heavy (non-hydrogen) atoms. The van der Waals surface area contributed by atoms with E-state index in [1.165, 1.54) is 6.26 Å². The molecule has 0 aliphatic heterocycles. The van der Waals surface area contributed by atoms with Gasteiger partial charge < -0.3 is 10.6 Å². The van der Waals surface area contributed by atoms with E-state index in [0.29, 0.717) is 49.0 Å². The van der Waals surface area contributed by atoms with Gasteiger partial charge in [-0.05, 0) is 37.5 Å². The third kappa shape index (κ3) is 8.63. The standard InChI is InChI=1S/C16H28N4O4S2/c1-5-17-16(18-9-6-10-20-26(4,23)24)19-12-14-7-8-15(13(2)11-14)25(3,21)22/h7-8,11,20H,5-6,9-10,12H2,1-4H3,(H2,17,18,19). The van der Waals surface area contributed by atoms with E-state index in [9.17, 15) is 16.8 Å². The van der Waals surface area contributed by atoms with Crippen molar-refractivity contribution in [2.75, 3.05) is 32.1 Å². The number of aryl methyl sites for hydroxylation is 1. The first-order chi connectivity index (χ1) is 12.0. The summed E-state index contributed by atoms with van der Waals surface area (Å²) >= 11 is 0. The highest BCUT2D eigenvalue weighted by atomic mass is 32.2. The lowest BCUT2D eigenvalue weighted by molar-refractivity contribution is 0.584. The van der Waals surface area contributed by atoms with Gasteiger partial charge in [-0.15, -0.1) is 0 Å². The SMILES string of the molecule is CCNC(=NCc1ccc(S(C)(=O)=O)c(C)c1)NCCCNS(C)(=O)=O. The van der Waals surface area contributed by atoms with Crippen molar-refractivity contribution in [3.05, 3.63) is 29.3 Å². The van der Waals surface area contributed by atoms with Crippen LogP contribution in [0.2, 0.25) is 0 Å². The molecule has 0 aliphatic rings. The molecule has 1 aromatic carbocycles. The zero-order valence-electron chi connectivity index (χ0n) is 15.7. The number of aliphatic imine (C=N–C) groups is 1. The van der Waals surface area contributed by atoms with E-state index in [2.05, 4.69) is 20.3 Å². The minimum atomic E-state index is -3.23. The monoisotopic (exact) mass is 404 g/mol. The van der Waals surface area contributed by atoms with Gasteiger partial charge in [0.05, 0.1) is 17.7 Å². The van der Waals surface area contributed by atoms with Crippen LogP contribution in [-0.2, 0) is 26.4 Å². The number of rotatable bonds is 9. The van der Waals surface area contributed by atoms with Gasteiger partial charge in [-0.1, -0.05) is 12.1 Å². The molecule has 0 heterocycles. The largest absolute Gasteiger partial charge is 0.357 e. The number of sulfonamides is 1. The Labute approximate surface area is 156 Å². The molecule has 1 aromatic rings. The van der Waals surface area contributed by atoms with Gasteiger partial charge in [0.15, 0.2) is 15.8 Å². The predicted molar refractivity (Wildman–Crippen MR) is 105 cm³/mol. The molecule has 10 heteroatoms.